The topological polar surface area (TPSA) is 38.5 Å². The minimum Gasteiger partial charge on any atom is -0.490 e. The first kappa shape index (κ1) is 13.6. The minimum absolute atomic E-state index is 0.336. The number of ether oxygens (including phenoxy) is 1. The number of anilines is 1. The molecule has 1 aliphatic heterocycles. The van der Waals surface area contributed by atoms with Crippen LogP contribution in [0.3, 0.4) is 0 Å². The van der Waals surface area contributed by atoms with Crippen LogP contribution in [0.25, 0.3) is 0 Å². The summed E-state index contributed by atoms with van der Waals surface area (Å²) < 4.78 is 19.2. The summed E-state index contributed by atoms with van der Waals surface area (Å²) in [5.41, 5.74) is 6.06. The fourth-order valence-electron chi connectivity index (χ4n) is 2.20. The minimum atomic E-state index is -0.358. The van der Waals surface area contributed by atoms with Crippen LogP contribution in [0.2, 0.25) is 0 Å². The van der Waals surface area contributed by atoms with E-state index in [0.717, 1.165) is 13.0 Å². The molecule has 0 bridgehead atoms. The van der Waals surface area contributed by atoms with E-state index in [1.807, 2.05) is 0 Å². The van der Waals surface area contributed by atoms with Crippen molar-refractivity contribution in [1.82, 2.24) is 4.90 Å². The molecule has 1 heterocycles. The van der Waals surface area contributed by atoms with Gasteiger partial charge in [0.15, 0.2) is 5.75 Å². The van der Waals surface area contributed by atoms with Gasteiger partial charge in [-0.15, -0.1) is 0 Å². The van der Waals surface area contributed by atoms with Crippen LogP contribution in [-0.2, 0) is 0 Å². The summed E-state index contributed by atoms with van der Waals surface area (Å²) in [4.78, 5) is 2.44. The first-order chi connectivity index (χ1) is 8.66. The van der Waals surface area contributed by atoms with Crippen molar-refractivity contribution in [1.29, 1.82) is 0 Å². The number of likely N-dealkylation sites (tertiary alicyclic amines) is 1. The van der Waals surface area contributed by atoms with Crippen molar-refractivity contribution >= 4 is 21.6 Å². The summed E-state index contributed by atoms with van der Waals surface area (Å²) >= 11 is 3.26. The Morgan fingerprint density at radius 2 is 2.06 bits per heavy atom. The molecular formula is C13H18BrFN2O. The lowest BCUT2D eigenvalue weighted by Crippen LogP contribution is -2.22. The molecule has 0 aliphatic carbocycles. The van der Waals surface area contributed by atoms with Gasteiger partial charge < -0.3 is 15.4 Å². The Morgan fingerprint density at radius 3 is 2.72 bits per heavy atom. The highest BCUT2D eigenvalue weighted by Gasteiger charge is 2.11. The van der Waals surface area contributed by atoms with Crippen LogP contribution in [0.5, 0.6) is 5.75 Å². The quantitative estimate of drug-likeness (QED) is 0.670. The van der Waals surface area contributed by atoms with Crippen molar-refractivity contribution < 1.29 is 9.13 Å². The Bertz CT molecular complexity index is 385. The van der Waals surface area contributed by atoms with E-state index in [0.29, 0.717) is 22.5 Å². The second-order valence-electron chi connectivity index (χ2n) is 4.56. The Morgan fingerprint density at radius 1 is 1.33 bits per heavy atom. The van der Waals surface area contributed by atoms with Crippen LogP contribution in [-0.4, -0.2) is 31.1 Å². The van der Waals surface area contributed by atoms with Crippen LogP contribution in [0.1, 0.15) is 19.3 Å². The third-order valence-corrected chi connectivity index (χ3v) is 3.69. The zero-order valence-electron chi connectivity index (χ0n) is 10.3. The van der Waals surface area contributed by atoms with Gasteiger partial charge in [0.2, 0.25) is 0 Å². The molecule has 0 atom stereocenters. The molecule has 100 valence electrons. The molecule has 1 saturated heterocycles. The molecule has 0 unspecified atom stereocenters. The first-order valence-corrected chi connectivity index (χ1v) is 7.06. The molecule has 0 spiro atoms. The molecule has 1 fully saturated rings. The Hall–Kier alpha value is -0.810. The lowest BCUT2D eigenvalue weighted by atomic mass is 10.3. The maximum atomic E-state index is 13.0. The van der Waals surface area contributed by atoms with Crippen LogP contribution >= 0.6 is 15.9 Å². The number of halogens is 2. The highest BCUT2D eigenvalue weighted by Crippen LogP contribution is 2.32. The molecule has 0 saturated carbocycles. The lowest BCUT2D eigenvalue weighted by Gasteiger charge is -2.15. The van der Waals surface area contributed by atoms with E-state index >= 15 is 0 Å². The average molecular weight is 317 g/mol. The first-order valence-electron chi connectivity index (χ1n) is 6.26. The third kappa shape index (κ3) is 3.59. The predicted octanol–water partition coefficient (Wildman–Crippen LogP) is 3.04. The molecule has 2 N–H and O–H groups in total. The molecule has 0 radical (unpaired) electrons. The highest BCUT2D eigenvalue weighted by molar-refractivity contribution is 9.10. The molecule has 5 heteroatoms. The molecule has 0 aromatic heterocycles. The van der Waals surface area contributed by atoms with Gasteiger partial charge in [-0.1, -0.05) is 0 Å². The van der Waals surface area contributed by atoms with E-state index in [-0.39, 0.29) is 5.82 Å². The van der Waals surface area contributed by atoms with Crippen molar-refractivity contribution in [2.45, 2.75) is 19.3 Å². The zero-order valence-corrected chi connectivity index (χ0v) is 11.9. The Kier molecular flexibility index (Phi) is 4.83. The van der Waals surface area contributed by atoms with Crippen molar-refractivity contribution in [2.24, 2.45) is 0 Å². The number of benzene rings is 1. The molecule has 1 aromatic carbocycles. The van der Waals surface area contributed by atoms with E-state index < -0.39 is 0 Å². The smallest absolute Gasteiger partial charge is 0.156 e. The number of hydrogen-bond acceptors (Lipinski definition) is 3. The van der Waals surface area contributed by atoms with Gasteiger partial charge >= 0.3 is 0 Å². The van der Waals surface area contributed by atoms with Gasteiger partial charge in [-0.2, -0.15) is 0 Å². The average Bonchev–Trinajstić information content (AvgIpc) is 2.79. The van der Waals surface area contributed by atoms with E-state index in [2.05, 4.69) is 20.8 Å². The van der Waals surface area contributed by atoms with Crippen LogP contribution in [0.15, 0.2) is 16.6 Å². The summed E-state index contributed by atoms with van der Waals surface area (Å²) in [6.45, 7) is 4.05. The van der Waals surface area contributed by atoms with Gasteiger partial charge in [-0.25, -0.2) is 4.39 Å². The summed E-state index contributed by atoms with van der Waals surface area (Å²) in [5.74, 6) is 0.182. The standard InChI is InChI=1S/C13H18BrFN2O/c14-11-8-10(15)9-12(16)13(11)18-7-3-6-17-4-1-2-5-17/h8-9H,1-7,16H2. The molecule has 1 aromatic rings. The van der Waals surface area contributed by atoms with Crippen LogP contribution in [0.4, 0.5) is 10.1 Å². The fourth-order valence-corrected chi connectivity index (χ4v) is 2.76. The predicted molar refractivity (Wildman–Crippen MR) is 74.3 cm³/mol. The highest BCUT2D eigenvalue weighted by atomic mass is 79.9. The number of hydrogen-bond donors (Lipinski definition) is 1. The van der Waals surface area contributed by atoms with E-state index in [4.69, 9.17) is 10.5 Å². The largest absolute Gasteiger partial charge is 0.490 e. The molecule has 18 heavy (non-hydrogen) atoms. The number of nitrogen functional groups attached to an aromatic ring is 1. The molecule has 2 rings (SSSR count). The van der Waals surface area contributed by atoms with E-state index in [1.54, 1.807) is 0 Å². The van der Waals surface area contributed by atoms with Gasteiger partial charge in [-0.05, 0) is 54.3 Å². The fraction of sp³-hybridized carbons (Fsp3) is 0.538. The number of nitrogens with zero attached hydrogens (tertiary/aromatic N) is 1. The Balaban J connectivity index is 1.79. The Labute approximate surface area is 115 Å². The zero-order chi connectivity index (χ0) is 13.0. The maximum Gasteiger partial charge on any atom is 0.156 e. The van der Waals surface area contributed by atoms with Crippen molar-refractivity contribution in [3.63, 3.8) is 0 Å². The van der Waals surface area contributed by atoms with E-state index in [1.165, 1.54) is 38.1 Å². The van der Waals surface area contributed by atoms with Crippen LogP contribution < -0.4 is 10.5 Å². The normalized spacial score (nSPS) is 16.1. The third-order valence-electron chi connectivity index (χ3n) is 3.10. The van der Waals surface area contributed by atoms with Gasteiger partial charge in [0.25, 0.3) is 0 Å². The van der Waals surface area contributed by atoms with Gasteiger partial charge in [-0.3, -0.25) is 0 Å². The molecule has 1 aliphatic rings. The van der Waals surface area contributed by atoms with Crippen molar-refractivity contribution in [3.05, 3.63) is 22.4 Å². The van der Waals surface area contributed by atoms with Crippen molar-refractivity contribution in [3.8, 4) is 5.75 Å². The lowest BCUT2D eigenvalue weighted by molar-refractivity contribution is 0.263. The van der Waals surface area contributed by atoms with E-state index in [9.17, 15) is 4.39 Å². The maximum absolute atomic E-state index is 13.0. The van der Waals surface area contributed by atoms with Gasteiger partial charge in [0.1, 0.15) is 5.82 Å². The van der Waals surface area contributed by atoms with Crippen molar-refractivity contribution in [2.75, 3.05) is 32.0 Å². The van der Waals surface area contributed by atoms with Gasteiger partial charge in [0.05, 0.1) is 16.8 Å². The second-order valence-corrected chi connectivity index (χ2v) is 5.41. The monoisotopic (exact) mass is 316 g/mol. The summed E-state index contributed by atoms with van der Waals surface area (Å²) in [5, 5.41) is 0. The number of nitrogens with two attached hydrogens (primary N) is 1. The number of rotatable bonds is 5. The summed E-state index contributed by atoms with van der Waals surface area (Å²) in [7, 11) is 0. The van der Waals surface area contributed by atoms with Gasteiger partial charge in [0, 0.05) is 12.6 Å². The molecule has 3 nitrogen and oxygen atoms in total. The second kappa shape index (κ2) is 6.38. The SMILES string of the molecule is Nc1cc(F)cc(Br)c1OCCCN1CCCC1. The molecule has 0 amide bonds. The summed E-state index contributed by atoms with van der Waals surface area (Å²) in [6.07, 6.45) is 3.57. The van der Waals surface area contributed by atoms with Crippen LogP contribution in [0, 0.1) is 5.82 Å². The summed E-state index contributed by atoms with van der Waals surface area (Å²) in [6, 6.07) is 2.65. The molecular weight excluding hydrogens is 299 g/mol.